The van der Waals surface area contributed by atoms with Gasteiger partial charge in [-0.1, -0.05) is 132 Å². The molecule has 180 valence electrons. The van der Waals surface area contributed by atoms with Crippen LogP contribution >= 0.6 is 0 Å². The molecule has 1 aliphatic rings. The van der Waals surface area contributed by atoms with E-state index in [0.29, 0.717) is 5.57 Å². The van der Waals surface area contributed by atoms with E-state index < -0.39 is 14.1 Å². The van der Waals surface area contributed by atoms with Gasteiger partial charge in [0.2, 0.25) is 14.1 Å². The van der Waals surface area contributed by atoms with Crippen LogP contribution in [0.5, 0.6) is 0 Å². The average molecular weight is 720 g/mol. The normalized spacial score (nSPS) is 14.3. The molecule has 0 spiro atoms. The van der Waals surface area contributed by atoms with E-state index >= 15 is 0 Å². The second kappa shape index (κ2) is 11.2. The Morgan fingerprint density at radius 1 is 0.667 bits per heavy atom. The largest absolute Gasteiger partial charge is 0.366 e. The maximum Gasteiger partial charge on any atom is 0.230 e. The molecule has 0 radical (unpaired) electrons. The van der Waals surface area contributed by atoms with E-state index in [4.69, 9.17) is 13.2 Å². The Hall–Kier alpha value is -4.63. The summed E-state index contributed by atoms with van der Waals surface area (Å²) in [5.41, 5.74) is 6.74. The zero-order chi connectivity index (χ0) is 24.0. The minimum atomic E-state index is -2.02. The molecule has 1 unspecified atom stereocenters. The Balaban J connectivity index is 0.00000304. The van der Waals surface area contributed by atoms with Gasteiger partial charge in [0.25, 0.3) is 0 Å². The Kier molecular flexibility index (Phi) is 7.62. The van der Waals surface area contributed by atoms with Gasteiger partial charge < -0.3 is 23.2 Å². The number of benzene rings is 4. The van der Waals surface area contributed by atoms with Crippen molar-refractivity contribution in [2.24, 2.45) is 0 Å². The quantitative estimate of drug-likeness (QED) is 0.104. The smallest absolute Gasteiger partial charge is 0.230 e. The van der Waals surface area contributed by atoms with Crippen LogP contribution in [0.25, 0.3) is 22.3 Å². The Morgan fingerprint density at radius 2 is 1.22 bits per heavy atom. The van der Waals surface area contributed by atoms with Crippen molar-refractivity contribution < 1.29 is 0 Å². The van der Waals surface area contributed by atoms with Gasteiger partial charge >= 0.3 is 0 Å². The number of hydrogen-bond acceptors (Lipinski definition) is 0. The molecule has 4 aromatic carbocycles. The number of allylic oxidation sites excluding steroid dienone is 6. The van der Waals surface area contributed by atoms with E-state index in [9.17, 15) is 0 Å². The molecule has 2 heteroatoms. The van der Waals surface area contributed by atoms with Gasteiger partial charge in [-0.2, -0.15) is 0 Å². The molecule has 0 bridgehead atoms. The van der Waals surface area contributed by atoms with Crippen molar-refractivity contribution in [2.45, 2.75) is 11.2 Å². The Morgan fingerprint density at radius 3 is 1.89 bits per heavy atom. The predicted octanol–water partition coefficient (Wildman–Crippen LogP) is 7.88. The minimum absolute atomic E-state index is 0. The van der Waals surface area contributed by atoms with Gasteiger partial charge in [-0.05, 0) is 23.1 Å². The SMILES string of the molecule is [CH-]=C([C](=[CH-])[Al]([c]1ccccc1-c1ccccc1)[CH]1CC=CC=C1c1ccccc1)c1ccccc1.[Fm]. The molecular formula is C34H27AlFm-2. The monoisotopic (exact) mass is 719 g/mol. The third-order valence-electron chi connectivity index (χ3n) is 6.82. The van der Waals surface area contributed by atoms with Crippen LogP contribution in [0.15, 0.2) is 138 Å². The molecule has 0 saturated carbocycles. The summed E-state index contributed by atoms with van der Waals surface area (Å²) in [5.74, 6) is 0. The van der Waals surface area contributed by atoms with Crippen molar-refractivity contribution in [3.63, 3.8) is 0 Å². The van der Waals surface area contributed by atoms with E-state index in [-0.39, 0.29) is 4.78 Å². The molecule has 5 rings (SSSR count). The van der Waals surface area contributed by atoms with Crippen LogP contribution < -0.4 is 4.43 Å². The summed E-state index contributed by atoms with van der Waals surface area (Å²) in [4.78, 5) is 0. The fourth-order valence-electron chi connectivity index (χ4n) is 5.11. The topological polar surface area (TPSA) is 0 Å². The first-order valence-electron chi connectivity index (χ1n) is 12.1. The zero-order valence-corrected chi connectivity index (χ0v) is 23.6. The van der Waals surface area contributed by atoms with Crippen molar-refractivity contribution in [3.8, 4) is 11.1 Å². The average Bonchev–Trinajstić information content (AvgIpc) is 2.95. The summed E-state index contributed by atoms with van der Waals surface area (Å²) < 4.78 is 2.47. The molecule has 36 heavy (non-hydrogen) atoms. The molecule has 0 amide bonds. The standard InChI is InChI=1S/C12H11.C12H9.C10H7.Al.Fm/c2*1-3-7-11(8-4-1)12-9-5-2-6-10-12;1-3-9(2)10-7-5-4-6-8-10;;/h1-5,7-10H,6H2;1-9H;1-2,4-8H;;/q;;-2;;. The first-order valence-corrected chi connectivity index (χ1v) is 13.9. The van der Waals surface area contributed by atoms with Crippen LogP contribution in [0.1, 0.15) is 17.5 Å². The predicted molar refractivity (Wildman–Crippen MR) is 151 cm³/mol. The van der Waals surface area contributed by atoms with Crippen molar-refractivity contribution in [3.05, 3.63) is 162 Å². The van der Waals surface area contributed by atoms with E-state index in [1.165, 1.54) is 26.7 Å². The summed E-state index contributed by atoms with van der Waals surface area (Å²) in [6.45, 7) is 13.9. The van der Waals surface area contributed by atoms with Gasteiger partial charge in [-0.3, -0.25) is 0 Å². The maximum absolute atomic E-state index is 7.11. The van der Waals surface area contributed by atoms with E-state index in [0.717, 1.165) is 16.4 Å². The summed E-state index contributed by atoms with van der Waals surface area (Å²) in [5, 5.41) is 0. The second-order valence-corrected chi connectivity index (χ2v) is 11.9. The molecule has 0 fully saturated rings. The van der Waals surface area contributed by atoms with Crippen molar-refractivity contribution in [2.75, 3.05) is 0 Å². The van der Waals surface area contributed by atoms with E-state index in [1.807, 2.05) is 30.3 Å². The molecule has 0 heterocycles. The summed E-state index contributed by atoms with van der Waals surface area (Å²) in [6.07, 6.45) is 7.66. The van der Waals surface area contributed by atoms with Gasteiger partial charge in [-0.15, -0.1) is 16.6 Å². The summed E-state index contributed by atoms with van der Waals surface area (Å²) in [6, 6.07) is 40.2. The van der Waals surface area contributed by atoms with E-state index in [2.05, 4.69) is 103 Å². The van der Waals surface area contributed by atoms with Crippen LogP contribution in [-0.2, 0) is 0 Å². The first-order chi connectivity index (χ1) is 17.2. The van der Waals surface area contributed by atoms with Crippen molar-refractivity contribution >= 4 is 29.7 Å². The number of rotatable bonds is 7. The molecule has 1 aliphatic carbocycles. The van der Waals surface area contributed by atoms with Gasteiger partial charge in [0.1, 0.15) is 0 Å². The fourth-order valence-corrected chi connectivity index (χ4v) is 8.82. The first kappa shape index (κ1) is 24.5. The maximum atomic E-state index is 7.11. The van der Waals surface area contributed by atoms with Crippen LogP contribution in [0.4, 0.5) is 0 Å². The zero-order valence-electron chi connectivity index (χ0n) is 20.0. The van der Waals surface area contributed by atoms with Crippen LogP contribution in [-0.4, -0.2) is 14.1 Å². The molecular weight excluding hydrogens is 692 g/mol. The van der Waals surface area contributed by atoms with E-state index in [1.54, 1.807) is 0 Å². The summed E-state index contributed by atoms with van der Waals surface area (Å²) >= 11 is -2.02. The molecule has 0 aromatic heterocycles. The minimum Gasteiger partial charge on any atom is -0.366 e. The number of hydrogen-bond donors (Lipinski definition) is 0. The molecule has 0 saturated heterocycles. The fraction of sp³-hybridized carbons (Fsp3) is 0.0588. The molecule has 4 aromatic rings. The van der Waals surface area contributed by atoms with Crippen LogP contribution in [0.2, 0.25) is 4.78 Å². The molecule has 0 nitrogen and oxygen atoms in total. The van der Waals surface area contributed by atoms with Gasteiger partial charge in [0.05, 0.1) is 0 Å². The second-order valence-electron chi connectivity index (χ2n) is 8.92. The third-order valence-corrected chi connectivity index (χ3v) is 10.4. The Labute approximate surface area is 213 Å². The van der Waals surface area contributed by atoms with Gasteiger partial charge in [-0.25, -0.2) is 5.56 Å². The van der Waals surface area contributed by atoms with Crippen LogP contribution in [0.3, 0.4) is 0 Å². The Bertz CT molecular complexity index is 1390. The summed E-state index contributed by atoms with van der Waals surface area (Å²) in [7, 11) is 0. The van der Waals surface area contributed by atoms with Crippen LogP contribution in [0, 0.1) is 13.2 Å². The van der Waals surface area contributed by atoms with Crippen molar-refractivity contribution in [1.82, 2.24) is 0 Å². The van der Waals surface area contributed by atoms with Gasteiger partial charge in [0, 0.05) is 0 Å². The molecule has 0 aliphatic heterocycles. The molecule has 1 atom stereocenters. The molecule has 0 N–H and O–H groups in total. The third kappa shape index (κ3) is 4.91. The van der Waals surface area contributed by atoms with Gasteiger partial charge in [0.15, 0.2) is 0 Å². The van der Waals surface area contributed by atoms with Crippen molar-refractivity contribution in [1.29, 1.82) is 0 Å².